The first kappa shape index (κ1) is 17.9. The van der Waals surface area contributed by atoms with Crippen molar-refractivity contribution in [3.05, 3.63) is 29.3 Å². The van der Waals surface area contributed by atoms with E-state index in [0.717, 1.165) is 0 Å². The van der Waals surface area contributed by atoms with Crippen molar-refractivity contribution in [3.8, 4) is 17.6 Å². The molecule has 1 aromatic rings. The highest BCUT2D eigenvalue weighted by Gasteiger charge is 2.06. The van der Waals surface area contributed by atoms with Gasteiger partial charge in [-0.2, -0.15) is 0 Å². The van der Waals surface area contributed by atoms with Crippen LogP contribution in [0.2, 0.25) is 5.02 Å². The molecule has 5 nitrogen and oxygen atoms in total. The zero-order valence-electron chi connectivity index (χ0n) is 12.4. The first-order valence-corrected chi connectivity index (χ1v) is 7.26. The Bertz CT molecular complexity index is 563. The van der Waals surface area contributed by atoms with Gasteiger partial charge in [-0.25, -0.2) is 0 Å². The Labute approximate surface area is 134 Å². The summed E-state index contributed by atoms with van der Waals surface area (Å²) < 4.78 is 10.1. The summed E-state index contributed by atoms with van der Waals surface area (Å²) in [5, 5.41) is 3.11. The van der Waals surface area contributed by atoms with Crippen LogP contribution in [0.1, 0.15) is 19.8 Å². The zero-order chi connectivity index (χ0) is 16.2. The van der Waals surface area contributed by atoms with E-state index in [1.54, 1.807) is 19.1 Å². The van der Waals surface area contributed by atoms with Crippen LogP contribution in [0.3, 0.4) is 0 Å². The van der Waals surface area contributed by atoms with Crippen molar-refractivity contribution >= 4 is 23.5 Å². The van der Waals surface area contributed by atoms with Crippen molar-refractivity contribution in [1.29, 1.82) is 0 Å². The molecule has 0 atom stereocenters. The normalized spacial score (nSPS) is 9.36. The number of carbonyl (C=O) groups is 2. The van der Waals surface area contributed by atoms with Crippen LogP contribution in [0, 0.1) is 11.8 Å². The maximum absolute atomic E-state index is 11.4. The maximum Gasteiger partial charge on any atom is 0.306 e. The number of hydrogen-bond donors (Lipinski definition) is 1. The van der Waals surface area contributed by atoms with Crippen molar-refractivity contribution in [2.75, 3.05) is 19.8 Å². The van der Waals surface area contributed by atoms with Crippen molar-refractivity contribution < 1.29 is 19.1 Å². The highest BCUT2D eigenvalue weighted by Crippen LogP contribution is 2.22. The van der Waals surface area contributed by atoms with Gasteiger partial charge in [0.2, 0.25) is 5.91 Å². The monoisotopic (exact) mass is 323 g/mol. The van der Waals surface area contributed by atoms with Gasteiger partial charge in [-0.1, -0.05) is 35.6 Å². The second-order valence-corrected chi connectivity index (χ2v) is 4.56. The SMILES string of the molecule is CCOC(=O)CCC(=O)NCC#CCOc1ccccc1Cl. The highest BCUT2D eigenvalue weighted by atomic mass is 35.5. The van der Waals surface area contributed by atoms with E-state index in [0.29, 0.717) is 17.4 Å². The lowest BCUT2D eigenvalue weighted by atomic mass is 10.3. The summed E-state index contributed by atoms with van der Waals surface area (Å²) in [7, 11) is 0. The van der Waals surface area contributed by atoms with Gasteiger partial charge in [0.25, 0.3) is 0 Å². The van der Waals surface area contributed by atoms with E-state index in [1.165, 1.54) is 0 Å². The lowest BCUT2D eigenvalue weighted by Gasteiger charge is -2.03. The van der Waals surface area contributed by atoms with Gasteiger partial charge < -0.3 is 14.8 Å². The van der Waals surface area contributed by atoms with E-state index in [1.807, 2.05) is 12.1 Å². The van der Waals surface area contributed by atoms with Gasteiger partial charge in [0.1, 0.15) is 12.4 Å². The number of rotatable bonds is 7. The van der Waals surface area contributed by atoms with Crippen LogP contribution in [0.5, 0.6) is 5.75 Å². The van der Waals surface area contributed by atoms with Gasteiger partial charge in [0.15, 0.2) is 0 Å². The van der Waals surface area contributed by atoms with Crippen molar-refractivity contribution in [3.63, 3.8) is 0 Å². The summed E-state index contributed by atoms with van der Waals surface area (Å²) in [5.41, 5.74) is 0. The molecule has 0 heterocycles. The third kappa shape index (κ3) is 7.55. The summed E-state index contributed by atoms with van der Waals surface area (Å²) >= 11 is 5.92. The second-order valence-electron chi connectivity index (χ2n) is 4.15. The van der Waals surface area contributed by atoms with E-state index in [-0.39, 0.29) is 37.9 Å². The number of amides is 1. The predicted molar refractivity (Wildman–Crippen MR) is 83.6 cm³/mol. The fourth-order valence-electron chi connectivity index (χ4n) is 1.47. The lowest BCUT2D eigenvalue weighted by Crippen LogP contribution is -2.24. The minimum atomic E-state index is -0.378. The van der Waals surface area contributed by atoms with E-state index < -0.39 is 0 Å². The average molecular weight is 324 g/mol. The number of ether oxygens (including phenoxy) is 2. The molecule has 0 radical (unpaired) electrons. The van der Waals surface area contributed by atoms with Crippen LogP contribution in [-0.4, -0.2) is 31.6 Å². The molecule has 118 valence electrons. The third-order valence-corrected chi connectivity index (χ3v) is 2.81. The summed E-state index contributed by atoms with van der Waals surface area (Å²) in [5.74, 6) is 5.46. The van der Waals surface area contributed by atoms with Crippen LogP contribution < -0.4 is 10.1 Å². The molecule has 0 aliphatic rings. The Morgan fingerprint density at radius 1 is 1.23 bits per heavy atom. The Hall–Kier alpha value is -2.19. The Balaban J connectivity index is 2.16. The molecule has 0 aliphatic carbocycles. The molecule has 0 bridgehead atoms. The molecule has 0 aliphatic heterocycles. The molecule has 22 heavy (non-hydrogen) atoms. The van der Waals surface area contributed by atoms with E-state index in [9.17, 15) is 9.59 Å². The minimum Gasteiger partial charge on any atom is -0.479 e. The summed E-state index contributed by atoms with van der Waals surface area (Å²) in [6.45, 7) is 2.42. The van der Waals surface area contributed by atoms with Crippen LogP contribution in [0.15, 0.2) is 24.3 Å². The van der Waals surface area contributed by atoms with E-state index in [2.05, 4.69) is 17.2 Å². The lowest BCUT2D eigenvalue weighted by molar-refractivity contribution is -0.144. The van der Waals surface area contributed by atoms with E-state index >= 15 is 0 Å². The molecular weight excluding hydrogens is 306 g/mol. The number of nitrogens with one attached hydrogen (secondary N) is 1. The number of carbonyl (C=O) groups excluding carboxylic acids is 2. The van der Waals surface area contributed by atoms with Crippen LogP contribution in [-0.2, 0) is 14.3 Å². The third-order valence-electron chi connectivity index (χ3n) is 2.50. The van der Waals surface area contributed by atoms with Crippen molar-refractivity contribution in [2.45, 2.75) is 19.8 Å². The van der Waals surface area contributed by atoms with Crippen molar-refractivity contribution in [1.82, 2.24) is 5.32 Å². The molecule has 1 N–H and O–H groups in total. The Morgan fingerprint density at radius 3 is 2.73 bits per heavy atom. The minimum absolute atomic E-state index is 0.0721. The molecule has 6 heteroatoms. The molecule has 0 saturated heterocycles. The van der Waals surface area contributed by atoms with Crippen LogP contribution in [0.4, 0.5) is 0 Å². The van der Waals surface area contributed by atoms with Crippen LogP contribution >= 0.6 is 11.6 Å². The number of halogens is 1. The standard InChI is InChI=1S/C16H18ClNO4/c1-2-21-16(20)10-9-15(19)18-11-5-6-12-22-14-8-4-3-7-13(14)17/h3-4,7-8H,2,9-12H2,1H3,(H,18,19). The predicted octanol–water partition coefficient (Wildman–Crippen LogP) is 2.18. The van der Waals surface area contributed by atoms with Gasteiger partial charge in [0.05, 0.1) is 24.6 Å². The number of esters is 1. The van der Waals surface area contributed by atoms with Gasteiger partial charge >= 0.3 is 5.97 Å². The molecule has 1 rings (SSSR count). The Morgan fingerprint density at radius 2 is 2.00 bits per heavy atom. The van der Waals surface area contributed by atoms with Gasteiger partial charge in [-0.05, 0) is 19.1 Å². The number of benzene rings is 1. The fraction of sp³-hybridized carbons (Fsp3) is 0.375. The molecule has 0 unspecified atom stereocenters. The average Bonchev–Trinajstić information content (AvgIpc) is 2.50. The molecule has 0 saturated carbocycles. The summed E-state index contributed by atoms with van der Waals surface area (Å²) in [6, 6.07) is 7.11. The van der Waals surface area contributed by atoms with Gasteiger partial charge in [0, 0.05) is 6.42 Å². The summed E-state index contributed by atoms with van der Waals surface area (Å²) in [4.78, 5) is 22.5. The van der Waals surface area contributed by atoms with Gasteiger partial charge in [-0.3, -0.25) is 9.59 Å². The molecule has 1 aromatic carbocycles. The smallest absolute Gasteiger partial charge is 0.306 e. The quantitative estimate of drug-likeness (QED) is 0.617. The summed E-state index contributed by atoms with van der Waals surface area (Å²) in [6.07, 6.45) is 0.166. The number of hydrogen-bond acceptors (Lipinski definition) is 4. The topological polar surface area (TPSA) is 64.6 Å². The first-order valence-electron chi connectivity index (χ1n) is 6.89. The van der Waals surface area contributed by atoms with Crippen molar-refractivity contribution in [2.24, 2.45) is 0 Å². The maximum atomic E-state index is 11.4. The largest absolute Gasteiger partial charge is 0.479 e. The molecule has 0 aromatic heterocycles. The molecular formula is C16H18ClNO4. The Kier molecular flexibility index (Phi) is 8.54. The molecule has 1 amide bonds. The van der Waals surface area contributed by atoms with Crippen LogP contribution in [0.25, 0.3) is 0 Å². The first-order chi connectivity index (χ1) is 10.6. The number of para-hydroxylation sites is 1. The van der Waals surface area contributed by atoms with Gasteiger partial charge in [-0.15, -0.1) is 0 Å². The highest BCUT2D eigenvalue weighted by molar-refractivity contribution is 6.32. The molecule has 0 spiro atoms. The van der Waals surface area contributed by atoms with E-state index in [4.69, 9.17) is 21.1 Å². The second kappa shape index (κ2) is 10.5. The molecule has 0 fully saturated rings. The zero-order valence-corrected chi connectivity index (χ0v) is 13.1. The fourth-order valence-corrected chi connectivity index (χ4v) is 1.66.